The molecule has 12 heavy (non-hydrogen) atoms. The maximum atomic E-state index is 10.2. The van der Waals surface area contributed by atoms with Gasteiger partial charge in [-0.05, 0) is 3.85 Å². The molecular weight excluding hydrogens is 236 g/mol. The topological polar surface area (TPSA) is 158 Å². The van der Waals surface area contributed by atoms with Crippen LogP contribution in [0.2, 0.25) is 0 Å². The van der Waals surface area contributed by atoms with Crippen molar-refractivity contribution in [1.29, 1.82) is 0 Å². The summed E-state index contributed by atoms with van der Waals surface area (Å²) in [6.45, 7) is 0. The lowest BCUT2D eigenvalue weighted by molar-refractivity contribution is 0.302. The van der Waals surface area contributed by atoms with Gasteiger partial charge in [0.25, 0.3) is 0 Å². The van der Waals surface area contributed by atoms with E-state index < -0.39 is 30.6 Å². The number of hydrogen-bond acceptors (Lipinski definition) is 4. The molecule has 0 rings (SSSR count). The van der Waals surface area contributed by atoms with E-state index in [0.29, 0.717) is 0 Å². The summed E-state index contributed by atoms with van der Waals surface area (Å²) in [5.74, 6) is 0. The molecule has 0 bridgehead atoms. The molecule has 0 aromatic rings. The second kappa shape index (κ2) is 3.62. The minimum absolute atomic E-state index is 1.21. The van der Waals surface area contributed by atoms with Gasteiger partial charge in [-0.15, -0.1) is 0 Å². The Balaban J connectivity index is 5.11. The lowest BCUT2D eigenvalue weighted by Gasteiger charge is -2.23. The first kappa shape index (κ1) is 12.4. The summed E-state index contributed by atoms with van der Waals surface area (Å²) in [5.41, 5.74) is 0. The maximum Gasteiger partial charge on any atom is 0.423 e. The number of hydrogen-bond donors (Lipinski definition) is 4. The van der Waals surface area contributed by atoms with Gasteiger partial charge in [0, 0.05) is 11.3 Å². The Morgan fingerprint density at radius 2 is 1.33 bits per heavy atom. The zero-order valence-corrected chi connectivity index (χ0v) is 7.78. The first-order valence-corrected chi connectivity index (χ1v) is 6.24. The highest BCUT2D eigenvalue weighted by Gasteiger charge is 2.41. The van der Waals surface area contributed by atoms with Crippen LogP contribution < -0.4 is 0 Å². The molecule has 1 atom stereocenters. The predicted octanol–water partition coefficient (Wildman–Crippen LogP) is -1.73. The van der Waals surface area contributed by atoms with Gasteiger partial charge in [-0.2, -0.15) is 0 Å². The minimum Gasteiger partial charge on any atom is -0.759 e. The molecule has 4 N–H and O–H groups in total. The van der Waals surface area contributed by atoms with Crippen LogP contribution in [0.4, 0.5) is 0 Å². The second-order valence-corrected chi connectivity index (χ2v) is 6.01. The van der Waals surface area contributed by atoms with Crippen molar-refractivity contribution in [3.63, 3.8) is 0 Å². The van der Waals surface area contributed by atoms with Crippen molar-refractivity contribution in [2.75, 3.05) is 0 Å². The Kier molecular flexibility index (Phi) is 3.73. The molecular formula is H4NO8P2S-. The van der Waals surface area contributed by atoms with E-state index in [1.165, 1.54) is 0 Å². The van der Waals surface area contributed by atoms with Crippen LogP contribution in [0.15, 0.2) is 0 Å². The third-order valence-corrected chi connectivity index (χ3v) is 5.21. The molecule has 0 aromatic heterocycles. The third kappa shape index (κ3) is 3.40. The van der Waals surface area contributed by atoms with Crippen molar-refractivity contribution in [2.45, 2.75) is 0 Å². The SMILES string of the molecule is O=S([O-])N(P(=O)(O)O)P(=O)(O)O. The van der Waals surface area contributed by atoms with Gasteiger partial charge in [-0.25, -0.2) is 9.13 Å². The quantitative estimate of drug-likeness (QED) is 0.334. The van der Waals surface area contributed by atoms with Crippen molar-refractivity contribution in [2.24, 2.45) is 0 Å². The van der Waals surface area contributed by atoms with Crippen LogP contribution in [0.3, 0.4) is 0 Å². The van der Waals surface area contributed by atoms with E-state index in [2.05, 4.69) is 0 Å². The molecule has 0 amide bonds. The highest BCUT2D eigenvalue weighted by molar-refractivity contribution is 7.92. The molecule has 12 heteroatoms. The smallest absolute Gasteiger partial charge is 0.423 e. The molecule has 0 aliphatic heterocycles. The van der Waals surface area contributed by atoms with Gasteiger partial charge in [0.05, 0.1) is 0 Å². The molecule has 0 aliphatic carbocycles. The minimum atomic E-state index is -5.50. The van der Waals surface area contributed by atoms with Crippen molar-refractivity contribution in [3.05, 3.63) is 0 Å². The van der Waals surface area contributed by atoms with Crippen LogP contribution in [0.5, 0.6) is 0 Å². The largest absolute Gasteiger partial charge is 0.759 e. The van der Waals surface area contributed by atoms with Gasteiger partial charge in [0.15, 0.2) is 0 Å². The van der Waals surface area contributed by atoms with E-state index >= 15 is 0 Å². The van der Waals surface area contributed by atoms with E-state index in [9.17, 15) is 17.9 Å². The Hall–Kier alpha value is 0.370. The third-order valence-electron chi connectivity index (χ3n) is 0.579. The Labute approximate surface area is 68.9 Å². The van der Waals surface area contributed by atoms with Gasteiger partial charge in [0.1, 0.15) is 0 Å². The molecule has 0 saturated carbocycles. The normalized spacial score (nSPS) is 16.5. The van der Waals surface area contributed by atoms with Crippen LogP contribution in [-0.4, -0.2) is 32.2 Å². The first-order chi connectivity index (χ1) is 5.07. The first-order valence-electron chi connectivity index (χ1n) is 2.08. The van der Waals surface area contributed by atoms with Crippen LogP contribution in [0.1, 0.15) is 0 Å². The highest BCUT2D eigenvalue weighted by Crippen LogP contribution is 2.58. The van der Waals surface area contributed by atoms with Gasteiger partial charge >= 0.3 is 15.5 Å². The van der Waals surface area contributed by atoms with Gasteiger partial charge < -0.3 is 24.1 Å². The molecule has 9 nitrogen and oxygen atoms in total. The number of rotatable bonds is 3. The average Bonchev–Trinajstić information content (AvgIpc) is 1.49. The molecule has 0 saturated heterocycles. The molecule has 0 heterocycles. The summed E-state index contributed by atoms with van der Waals surface area (Å²) in [4.78, 5) is 32.5. The van der Waals surface area contributed by atoms with Crippen molar-refractivity contribution in [3.8, 4) is 0 Å². The molecule has 0 aliphatic rings. The van der Waals surface area contributed by atoms with E-state index in [1.54, 1.807) is 0 Å². The van der Waals surface area contributed by atoms with Gasteiger partial charge in [0.2, 0.25) is 0 Å². The fourth-order valence-electron chi connectivity index (χ4n) is 0.325. The summed E-state index contributed by atoms with van der Waals surface area (Å²) in [7, 11) is -11.0. The summed E-state index contributed by atoms with van der Waals surface area (Å²) in [6, 6.07) is 0. The zero-order chi connectivity index (χ0) is 10.2. The molecule has 0 fully saturated rings. The molecule has 74 valence electrons. The van der Waals surface area contributed by atoms with Crippen LogP contribution in [0.25, 0.3) is 0 Å². The summed E-state index contributed by atoms with van der Waals surface area (Å²) >= 11 is -3.69. The monoisotopic (exact) mass is 240 g/mol. The van der Waals surface area contributed by atoms with Crippen molar-refractivity contribution in [1.82, 2.24) is 3.85 Å². The predicted molar refractivity (Wildman–Crippen MR) is 34.8 cm³/mol. The fraction of sp³-hybridized carbons (Fsp3) is 0. The summed E-state index contributed by atoms with van der Waals surface area (Å²) in [5, 5.41) is 0. The van der Waals surface area contributed by atoms with Crippen LogP contribution >= 0.6 is 15.5 Å². The lowest BCUT2D eigenvalue weighted by Crippen LogP contribution is -2.19. The Morgan fingerprint density at radius 3 is 1.33 bits per heavy atom. The zero-order valence-electron chi connectivity index (χ0n) is 5.17. The van der Waals surface area contributed by atoms with E-state index in [4.69, 9.17) is 19.6 Å². The Bertz CT molecular complexity index is 249. The van der Waals surface area contributed by atoms with Crippen LogP contribution in [-0.2, 0) is 20.4 Å². The van der Waals surface area contributed by atoms with E-state index in [-0.39, 0.29) is 0 Å². The van der Waals surface area contributed by atoms with Gasteiger partial charge in [-0.1, -0.05) is 0 Å². The van der Waals surface area contributed by atoms with E-state index in [1.807, 2.05) is 0 Å². The molecule has 1 unspecified atom stereocenters. The summed E-state index contributed by atoms with van der Waals surface area (Å²) < 4.78 is 39.0. The number of nitrogens with zero attached hydrogens (tertiary/aromatic N) is 1. The molecule has 0 spiro atoms. The van der Waals surface area contributed by atoms with Crippen molar-refractivity contribution < 1.29 is 37.5 Å². The van der Waals surface area contributed by atoms with Crippen molar-refractivity contribution >= 4 is 26.8 Å². The fourth-order valence-corrected chi connectivity index (χ4v) is 2.93. The van der Waals surface area contributed by atoms with Crippen LogP contribution in [0, 0.1) is 0 Å². The Morgan fingerprint density at radius 1 is 1.08 bits per heavy atom. The molecule has 0 aromatic carbocycles. The standard InChI is InChI=1S/H5NO8P2S/c2-10(3,4)1(12(8)9)11(5,6)7/h(H,8,9)(H2,2,3,4)(H2,5,6,7)/p-1. The second-order valence-electron chi connectivity index (χ2n) is 1.50. The average molecular weight is 240 g/mol. The van der Waals surface area contributed by atoms with E-state index in [0.717, 1.165) is 0 Å². The highest BCUT2D eigenvalue weighted by atomic mass is 32.2. The lowest BCUT2D eigenvalue weighted by atomic mass is 13.8. The van der Waals surface area contributed by atoms with Gasteiger partial charge in [-0.3, -0.25) is 4.21 Å². The maximum absolute atomic E-state index is 10.2. The molecule has 0 radical (unpaired) electrons. The summed E-state index contributed by atoms with van der Waals surface area (Å²) in [6.07, 6.45) is 0.